The SMILES string of the molecule is Cc1ccc(Cc2c(C(F)(F)F)nc(CC(N)=O)[nH]c2=O)cc1Cl. The zero-order valence-corrected chi connectivity index (χ0v) is 13.3. The maximum absolute atomic E-state index is 13.2. The number of rotatable bonds is 4. The number of carbonyl (C=O) groups excluding carboxylic acids is 1. The average Bonchev–Trinajstić information content (AvgIpc) is 2.43. The van der Waals surface area contributed by atoms with E-state index < -0.39 is 41.1 Å². The van der Waals surface area contributed by atoms with Crippen LogP contribution in [0.1, 0.15) is 28.2 Å². The first kappa shape index (κ1) is 18.0. The predicted molar refractivity (Wildman–Crippen MR) is 81.8 cm³/mol. The minimum absolute atomic E-state index is 0.298. The Morgan fingerprint density at radius 3 is 2.58 bits per heavy atom. The Morgan fingerprint density at radius 2 is 2.04 bits per heavy atom. The quantitative estimate of drug-likeness (QED) is 0.878. The van der Waals surface area contributed by atoms with Gasteiger partial charge >= 0.3 is 6.18 Å². The topological polar surface area (TPSA) is 88.8 Å². The van der Waals surface area contributed by atoms with Crippen molar-refractivity contribution in [2.24, 2.45) is 5.73 Å². The third-order valence-corrected chi connectivity index (χ3v) is 3.70. The smallest absolute Gasteiger partial charge is 0.369 e. The number of primary amides is 1. The minimum atomic E-state index is -4.84. The van der Waals surface area contributed by atoms with Crippen LogP contribution in [0.4, 0.5) is 13.2 Å². The Morgan fingerprint density at radius 1 is 1.38 bits per heavy atom. The van der Waals surface area contributed by atoms with Gasteiger partial charge in [-0.1, -0.05) is 23.7 Å². The Hall–Kier alpha value is -2.35. The summed E-state index contributed by atoms with van der Waals surface area (Å²) in [5, 5.41) is 0.385. The number of nitrogens with zero attached hydrogens (tertiary/aromatic N) is 1. The van der Waals surface area contributed by atoms with Gasteiger partial charge in [-0.2, -0.15) is 13.2 Å². The lowest BCUT2D eigenvalue weighted by molar-refractivity contribution is -0.142. The lowest BCUT2D eigenvalue weighted by Gasteiger charge is -2.13. The number of benzene rings is 1. The third kappa shape index (κ3) is 4.14. The molecule has 1 heterocycles. The fraction of sp³-hybridized carbons (Fsp3) is 0.267. The van der Waals surface area contributed by atoms with Gasteiger partial charge in [-0.15, -0.1) is 0 Å². The number of nitrogens with two attached hydrogens (primary N) is 1. The molecule has 2 rings (SSSR count). The molecule has 0 aliphatic rings. The molecule has 0 bridgehead atoms. The van der Waals surface area contributed by atoms with Crippen LogP contribution >= 0.6 is 11.6 Å². The molecule has 0 aliphatic carbocycles. The largest absolute Gasteiger partial charge is 0.433 e. The number of hydrogen-bond acceptors (Lipinski definition) is 3. The van der Waals surface area contributed by atoms with Crippen LogP contribution in [0, 0.1) is 6.92 Å². The van der Waals surface area contributed by atoms with E-state index in [1.54, 1.807) is 19.1 Å². The summed E-state index contributed by atoms with van der Waals surface area (Å²) in [6.45, 7) is 1.75. The summed E-state index contributed by atoms with van der Waals surface area (Å²) >= 11 is 5.96. The highest BCUT2D eigenvalue weighted by molar-refractivity contribution is 6.31. The predicted octanol–water partition coefficient (Wildman–Crippen LogP) is 2.37. The standard InChI is InChI=1S/C15H13ClF3N3O2/c1-7-2-3-8(5-10(7)16)4-9-13(15(17,18)19)21-12(6-11(20)23)22-14(9)24/h2-3,5H,4,6H2,1H3,(H2,20,23)(H,21,22,24). The van der Waals surface area contributed by atoms with E-state index in [-0.39, 0.29) is 6.42 Å². The summed E-state index contributed by atoms with van der Waals surface area (Å²) in [5.74, 6) is -1.32. The van der Waals surface area contributed by atoms with Gasteiger partial charge in [0, 0.05) is 11.4 Å². The lowest BCUT2D eigenvalue weighted by atomic mass is 10.0. The molecule has 5 nitrogen and oxygen atoms in total. The summed E-state index contributed by atoms with van der Waals surface area (Å²) in [6.07, 6.45) is -5.73. The van der Waals surface area contributed by atoms with Gasteiger partial charge < -0.3 is 10.7 Å². The van der Waals surface area contributed by atoms with Crippen molar-refractivity contribution in [1.82, 2.24) is 9.97 Å². The summed E-state index contributed by atoms with van der Waals surface area (Å²) in [5.41, 5.74) is 3.28. The van der Waals surface area contributed by atoms with Gasteiger partial charge in [0.2, 0.25) is 5.91 Å². The Labute approximate surface area is 139 Å². The van der Waals surface area contributed by atoms with E-state index in [0.717, 1.165) is 5.56 Å². The van der Waals surface area contributed by atoms with Crippen LogP contribution in [0.3, 0.4) is 0 Å². The van der Waals surface area contributed by atoms with Gasteiger partial charge in [0.05, 0.1) is 12.0 Å². The molecule has 0 aliphatic heterocycles. The van der Waals surface area contributed by atoms with Crippen molar-refractivity contribution in [1.29, 1.82) is 0 Å². The van der Waals surface area contributed by atoms with Crippen LogP contribution in [0.2, 0.25) is 5.02 Å². The zero-order valence-electron chi connectivity index (χ0n) is 12.5. The van der Waals surface area contributed by atoms with E-state index in [2.05, 4.69) is 9.97 Å². The molecule has 2 aromatic rings. The number of aromatic amines is 1. The summed E-state index contributed by atoms with van der Waals surface area (Å²) < 4.78 is 39.7. The van der Waals surface area contributed by atoms with Crippen LogP contribution in [0.25, 0.3) is 0 Å². The van der Waals surface area contributed by atoms with Crippen molar-refractivity contribution in [3.05, 3.63) is 61.8 Å². The highest BCUT2D eigenvalue weighted by Crippen LogP contribution is 2.30. The van der Waals surface area contributed by atoms with Crippen molar-refractivity contribution in [3.63, 3.8) is 0 Å². The highest BCUT2D eigenvalue weighted by atomic mass is 35.5. The Kier molecular flexibility index (Phi) is 4.98. The molecular formula is C15H13ClF3N3O2. The van der Waals surface area contributed by atoms with Gasteiger partial charge in [0.25, 0.3) is 5.56 Å². The number of carbonyl (C=O) groups is 1. The number of aryl methyl sites for hydroxylation is 1. The molecule has 0 spiro atoms. The van der Waals surface area contributed by atoms with E-state index in [1.165, 1.54) is 6.07 Å². The molecule has 0 unspecified atom stereocenters. The van der Waals surface area contributed by atoms with E-state index >= 15 is 0 Å². The zero-order chi connectivity index (χ0) is 18.1. The number of nitrogens with one attached hydrogen (secondary N) is 1. The van der Waals surface area contributed by atoms with E-state index in [9.17, 15) is 22.8 Å². The molecular weight excluding hydrogens is 347 g/mol. The van der Waals surface area contributed by atoms with E-state index in [4.69, 9.17) is 17.3 Å². The average molecular weight is 360 g/mol. The van der Waals surface area contributed by atoms with Crippen LogP contribution < -0.4 is 11.3 Å². The van der Waals surface area contributed by atoms with E-state index in [1.807, 2.05) is 0 Å². The lowest BCUT2D eigenvalue weighted by Crippen LogP contribution is -2.27. The van der Waals surface area contributed by atoms with Gasteiger partial charge in [0.15, 0.2) is 5.69 Å². The fourth-order valence-electron chi connectivity index (χ4n) is 2.14. The summed E-state index contributed by atoms with van der Waals surface area (Å²) in [7, 11) is 0. The van der Waals surface area contributed by atoms with Crippen LogP contribution in [0.5, 0.6) is 0 Å². The second-order valence-electron chi connectivity index (χ2n) is 5.24. The van der Waals surface area contributed by atoms with Gasteiger partial charge in [-0.25, -0.2) is 4.98 Å². The van der Waals surface area contributed by atoms with E-state index in [0.29, 0.717) is 10.6 Å². The molecule has 128 valence electrons. The first-order chi connectivity index (χ1) is 11.1. The number of hydrogen-bond donors (Lipinski definition) is 2. The van der Waals surface area contributed by atoms with Gasteiger partial charge in [-0.05, 0) is 24.1 Å². The molecule has 0 saturated heterocycles. The van der Waals surface area contributed by atoms with Gasteiger partial charge in [0.1, 0.15) is 5.82 Å². The molecule has 1 aromatic carbocycles. The molecule has 0 saturated carbocycles. The van der Waals surface area contributed by atoms with Crippen molar-refractivity contribution < 1.29 is 18.0 Å². The number of alkyl halides is 3. The van der Waals surface area contributed by atoms with Crippen molar-refractivity contribution in [2.75, 3.05) is 0 Å². The fourth-order valence-corrected chi connectivity index (χ4v) is 2.35. The van der Waals surface area contributed by atoms with Crippen molar-refractivity contribution in [2.45, 2.75) is 25.9 Å². The number of halogens is 4. The highest BCUT2D eigenvalue weighted by Gasteiger charge is 2.37. The molecule has 9 heteroatoms. The minimum Gasteiger partial charge on any atom is -0.369 e. The maximum atomic E-state index is 13.2. The normalized spacial score (nSPS) is 11.5. The second kappa shape index (κ2) is 6.64. The van der Waals surface area contributed by atoms with Crippen LogP contribution in [-0.2, 0) is 23.8 Å². The maximum Gasteiger partial charge on any atom is 0.433 e. The van der Waals surface area contributed by atoms with Crippen LogP contribution in [0.15, 0.2) is 23.0 Å². The Balaban J connectivity index is 2.53. The summed E-state index contributed by atoms with van der Waals surface area (Å²) in [4.78, 5) is 28.4. The number of H-pyrrole nitrogens is 1. The molecule has 0 atom stereocenters. The first-order valence-corrected chi connectivity index (χ1v) is 7.18. The molecule has 1 amide bonds. The molecule has 0 radical (unpaired) electrons. The van der Waals surface area contributed by atoms with Gasteiger partial charge in [-0.3, -0.25) is 9.59 Å². The Bertz CT molecular complexity index is 847. The third-order valence-electron chi connectivity index (χ3n) is 3.29. The summed E-state index contributed by atoms with van der Waals surface area (Å²) in [6, 6.07) is 4.72. The second-order valence-corrected chi connectivity index (χ2v) is 5.65. The number of amides is 1. The van der Waals surface area contributed by atoms with Crippen molar-refractivity contribution in [3.8, 4) is 0 Å². The van der Waals surface area contributed by atoms with Crippen molar-refractivity contribution >= 4 is 17.5 Å². The monoisotopic (exact) mass is 359 g/mol. The molecule has 3 N–H and O–H groups in total. The van der Waals surface area contributed by atoms with Crippen LogP contribution in [-0.4, -0.2) is 15.9 Å². The number of aromatic nitrogens is 2. The molecule has 0 fully saturated rings. The molecule has 1 aromatic heterocycles. The molecule has 24 heavy (non-hydrogen) atoms. The first-order valence-electron chi connectivity index (χ1n) is 6.80.